The normalized spacial score (nSPS) is 21.4. The summed E-state index contributed by atoms with van der Waals surface area (Å²) in [4.78, 5) is 10.9. The van der Waals surface area contributed by atoms with Crippen molar-refractivity contribution in [2.24, 2.45) is 0 Å². The van der Waals surface area contributed by atoms with Crippen molar-refractivity contribution in [3.05, 3.63) is 23.8 Å². The number of benzene rings is 1. The van der Waals surface area contributed by atoms with Gasteiger partial charge in [0.25, 0.3) is 0 Å². The van der Waals surface area contributed by atoms with Crippen LogP contribution < -0.4 is 5.32 Å². The van der Waals surface area contributed by atoms with Crippen molar-refractivity contribution in [3.63, 3.8) is 0 Å². The first-order valence-electron chi connectivity index (χ1n) is 4.72. The predicted octanol–water partition coefficient (Wildman–Crippen LogP) is 1.94. The molecule has 0 unspecified atom stereocenters. The van der Waals surface area contributed by atoms with Gasteiger partial charge in [0.05, 0.1) is 0 Å². The molecule has 1 aliphatic rings. The number of amides is 1. The van der Waals surface area contributed by atoms with Crippen molar-refractivity contribution >= 4 is 18.5 Å². The van der Waals surface area contributed by atoms with Crippen molar-refractivity contribution < 1.29 is 28.5 Å². The number of phenolic OH excluding ortho intramolecular Hbond substituents is 2. The molecule has 1 heterocycles. The lowest BCUT2D eigenvalue weighted by Crippen LogP contribution is -2.49. The topological polar surface area (TPSA) is 78.8 Å². The minimum absolute atomic E-state index is 0. The van der Waals surface area contributed by atoms with Crippen LogP contribution in [0, 0.1) is 0 Å². The molecule has 0 aliphatic carbocycles. The largest absolute Gasteiger partial charge is 0.508 e. The third-order valence-electron chi connectivity index (χ3n) is 2.34. The van der Waals surface area contributed by atoms with Gasteiger partial charge in [-0.1, -0.05) is 0 Å². The van der Waals surface area contributed by atoms with Crippen LogP contribution in [0.4, 0.5) is 13.6 Å². The van der Waals surface area contributed by atoms with E-state index in [4.69, 9.17) is 0 Å². The standard InChI is InChI=1S/C10H9F2NO4.ClH/c11-10(12)4-17-9(16)13-8(10)5-1-6(14)3-7(15)2-5;/h1-3,8,14-15H,4H2,(H,13,16);1H/t8-;/m0./s1. The Labute approximate surface area is 107 Å². The van der Waals surface area contributed by atoms with Gasteiger partial charge in [0.2, 0.25) is 0 Å². The Morgan fingerprint density at radius 3 is 2.39 bits per heavy atom. The van der Waals surface area contributed by atoms with Crippen LogP contribution in [0.2, 0.25) is 0 Å². The molecule has 100 valence electrons. The summed E-state index contributed by atoms with van der Waals surface area (Å²) in [6, 6.07) is 1.46. The number of alkyl carbamates (subject to hydrolysis) is 1. The molecule has 3 N–H and O–H groups in total. The summed E-state index contributed by atoms with van der Waals surface area (Å²) in [6.07, 6.45) is -0.969. The van der Waals surface area contributed by atoms with Crippen LogP contribution in [0.5, 0.6) is 11.5 Å². The second-order valence-corrected chi connectivity index (χ2v) is 3.70. The highest BCUT2D eigenvalue weighted by atomic mass is 35.5. The Kier molecular flexibility index (Phi) is 3.85. The Hall–Kier alpha value is -1.76. The van der Waals surface area contributed by atoms with Crippen molar-refractivity contribution in [3.8, 4) is 11.5 Å². The van der Waals surface area contributed by atoms with E-state index in [1.165, 1.54) is 0 Å². The highest BCUT2D eigenvalue weighted by Crippen LogP contribution is 2.36. The monoisotopic (exact) mass is 281 g/mol. The second kappa shape index (κ2) is 4.85. The molecule has 1 amide bonds. The number of phenols is 2. The summed E-state index contributed by atoms with van der Waals surface area (Å²) < 4.78 is 31.2. The molecule has 1 aromatic carbocycles. The fraction of sp³-hybridized carbons (Fsp3) is 0.300. The third-order valence-corrected chi connectivity index (χ3v) is 2.34. The molecule has 1 aromatic rings. The molecule has 0 spiro atoms. The number of nitrogens with one attached hydrogen (secondary N) is 1. The lowest BCUT2D eigenvalue weighted by molar-refractivity contribution is -0.104. The molecule has 1 fully saturated rings. The molecular weight excluding hydrogens is 272 g/mol. The van der Waals surface area contributed by atoms with E-state index in [1.807, 2.05) is 5.32 Å². The minimum atomic E-state index is -3.31. The Balaban J connectivity index is 0.00000162. The Morgan fingerprint density at radius 2 is 1.83 bits per heavy atom. The van der Waals surface area contributed by atoms with Crippen LogP contribution >= 0.6 is 12.4 Å². The minimum Gasteiger partial charge on any atom is -0.508 e. The van der Waals surface area contributed by atoms with E-state index in [2.05, 4.69) is 4.74 Å². The van der Waals surface area contributed by atoms with Crippen molar-refractivity contribution in [1.82, 2.24) is 5.32 Å². The fourth-order valence-corrected chi connectivity index (χ4v) is 1.62. The van der Waals surface area contributed by atoms with Gasteiger partial charge in [-0.3, -0.25) is 0 Å². The van der Waals surface area contributed by atoms with Crippen molar-refractivity contribution in [1.29, 1.82) is 0 Å². The zero-order valence-corrected chi connectivity index (χ0v) is 9.71. The van der Waals surface area contributed by atoms with Gasteiger partial charge in [-0.2, -0.15) is 0 Å². The second-order valence-electron chi connectivity index (χ2n) is 3.70. The maximum atomic E-state index is 13.5. The number of cyclic esters (lactones) is 1. The quantitative estimate of drug-likeness (QED) is 0.735. The van der Waals surface area contributed by atoms with Crippen LogP contribution in [0.1, 0.15) is 11.6 Å². The van der Waals surface area contributed by atoms with Gasteiger partial charge in [-0.15, -0.1) is 12.4 Å². The number of ether oxygens (including phenoxy) is 1. The SMILES string of the molecule is Cl.O=C1N[C@@H](c2cc(O)cc(O)c2)C(F)(F)CO1. The highest BCUT2D eigenvalue weighted by molar-refractivity contribution is 5.85. The molecule has 1 saturated heterocycles. The molecule has 8 heteroatoms. The number of hydrogen-bond donors (Lipinski definition) is 3. The average molecular weight is 282 g/mol. The Morgan fingerprint density at radius 1 is 1.28 bits per heavy atom. The van der Waals surface area contributed by atoms with Gasteiger partial charge < -0.3 is 20.3 Å². The van der Waals surface area contributed by atoms with E-state index in [0.29, 0.717) is 0 Å². The summed E-state index contributed by atoms with van der Waals surface area (Å²) in [7, 11) is 0. The fourth-order valence-electron chi connectivity index (χ4n) is 1.62. The molecule has 0 aromatic heterocycles. The summed E-state index contributed by atoms with van der Waals surface area (Å²) in [5, 5.41) is 20.4. The molecule has 2 rings (SSSR count). The third kappa shape index (κ3) is 2.73. The molecule has 0 saturated carbocycles. The van der Waals surface area contributed by atoms with Crippen LogP contribution in [0.15, 0.2) is 18.2 Å². The van der Waals surface area contributed by atoms with E-state index in [-0.39, 0.29) is 29.5 Å². The molecule has 18 heavy (non-hydrogen) atoms. The van der Waals surface area contributed by atoms with Gasteiger partial charge in [0.1, 0.15) is 17.5 Å². The van der Waals surface area contributed by atoms with Crippen LogP contribution in [0.3, 0.4) is 0 Å². The molecule has 5 nitrogen and oxygen atoms in total. The van der Waals surface area contributed by atoms with Crippen LogP contribution in [0.25, 0.3) is 0 Å². The van der Waals surface area contributed by atoms with Gasteiger partial charge >= 0.3 is 12.0 Å². The zero-order chi connectivity index (χ0) is 12.6. The van der Waals surface area contributed by atoms with Gasteiger partial charge in [-0.05, 0) is 17.7 Å². The maximum Gasteiger partial charge on any atom is 0.408 e. The molecule has 1 aliphatic heterocycles. The molecular formula is C10H10ClF2NO4. The van der Waals surface area contributed by atoms with E-state index in [9.17, 15) is 23.8 Å². The number of carbonyl (C=O) groups is 1. The number of halogens is 3. The molecule has 0 radical (unpaired) electrons. The number of hydrogen-bond acceptors (Lipinski definition) is 4. The smallest absolute Gasteiger partial charge is 0.408 e. The van der Waals surface area contributed by atoms with Crippen LogP contribution in [-0.2, 0) is 4.74 Å². The lowest BCUT2D eigenvalue weighted by atomic mass is 9.99. The number of alkyl halides is 2. The van der Waals surface area contributed by atoms with Gasteiger partial charge in [0.15, 0.2) is 6.61 Å². The summed E-state index contributed by atoms with van der Waals surface area (Å²) in [5.74, 6) is -4.04. The van der Waals surface area contributed by atoms with Crippen molar-refractivity contribution in [2.75, 3.05) is 6.61 Å². The number of carbonyl (C=O) groups excluding carboxylic acids is 1. The first kappa shape index (κ1) is 14.3. The summed E-state index contributed by atoms with van der Waals surface area (Å²) in [6.45, 7) is -1.04. The Bertz CT molecular complexity index is 449. The van der Waals surface area contributed by atoms with Crippen molar-refractivity contribution in [2.45, 2.75) is 12.0 Å². The first-order valence-corrected chi connectivity index (χ1v) is 4.72. The maximum absolute atomic E-state index is 13.5. The highest BCUT2D eigenvalue weighted by Gasteiger charge is 2.47. The predicted molar refractivity (Wildman–Crippen MR) is 59.2 cm³/mol. The van der Waals surface area contributed by atoms with Gasteiger partial charge in [-0.25, -0.2) is 13.6 Å². The van der Waals surface area contributed by atoms with E-state index >= 15 is 0 Å². The summed E-state index contributed by atoms with van der Waals surface area (Å²) in [5.41, 5.74) is -0.0934. The molecule has 1 atom stereocenters. The molecule has 0 bridgehead atoms. The zero-order valence-electron chi connectivity index (χ0n) is 8.89. The average Bonchev–Trinajstić information content (AvgIpc) is 2.20. The summed E-state index contributed by atoms with van der Waals surface area (Å²) >= 11 is 0. The van der Waals surface area contributed by atoms with Gasteiger partial charge in [0, 0.05) is 6.07 Å². The van der Waals surface area contributed by atoms with E-state index < -0.39 is 24.7 Å². The lowest BCUT2D eigenvalue weighted by Gasteiger charge is -2.31. The first-order chi connectivity index (χ1) is 7.88. The number of aromatic hydroxyl groups is 2. The van der Waals surface area contributed by atoms with Crippen LogP contribution in [-0.4, -0.2) is 28.8 Å². The van der Waals surface area contributed by atoms with E-state index in [0.717, 1.165) is 18.2 Å². The number of rotatable bonds is 1. The van der Waals surface area contributed by atoms with E-state index in [1.54, 1.807) is 0 Å².